The van der Waals surface area contributed by atoms with Crippen LogP contribution in [0.5, 0.6) is 0 Å². The number of nitrogens with one attached hydrogen (secondary N) is 2. The molecule has 4 unspecified atom stereocenters. The molecule has 19 heteroatoms. The molecule has 2 amide bonds. The maximum atomic E-state index is 12.2. The Hall–Kier alpha value is -2.93. The Kier molecular flexibility index (Phi) is 26.1. The summed E-state index contributed by atoms with van der Waals surface area (Å²) in [7, 11) is -4.71. The van der Waals surface area contributed by atoms with E-state index in [1.165, 1.54) is 13.8 Å². The predicted molar refractivity (Wildman–Crippen MR) is 178 cm³/mol. The molecule has 0 fully saturated rings. The van der Waals surface area contributed by atoms with Gasteiger partial charge in [-0.3, -0.25) is 9.32 Å². The van der Waals surface area contributed by atoms with Gasteiger partial charge in [-0.25, -0.2) is 18.9 Å². The van der Waals surface area contributed by atoms with Crippen LogP contribution in [0, 0.1) is 5.92 Å². The van der Waals surface area contributed by atoms with E-state index in [1.807, 2.05) is 6.92 Å². The van der Waals surface area contributed by atoms with Crippen LogP contribution < -0.4 is 10.6 Å². The summed E-state index contributed by atoms with van der Waals surface area (Å²) in [6.45, 7) is 16.3. The van der Waals surface area contributed by atoms with Gasteiger partial charge in [0, 0.05) is 37.3 Å². The van der Waals surface area contributed by atoms with Gasteiger partial charge in [0.05, 0.1) is 59.0 Å². The number of amides is 2. The summed E-state index contributed by atoms with van der Waals surface area (Å²) in [6, 6.07) is 0. The molecule has 0 radical (unpaired) electrons. The lowest BCUT2D eigenvalue weighted by Gasteiger charge is -2.22. The van der Waals surface area contributed by atoms with E-state index >= 15 is 0 Å². The van der Waals surface area contributed by atoms with Gasteiger partial charge in [0.2, 0.25) is 5.91 Å². The Balaban J connectivity index is 4.45. The number of ether oxygens (including phenoxy) is 8. The molecule has 4 N–H and O–H groups in total. The van der Waals surface area contributed by atoms with E-state index in [1.54, 1.807) is 13.8 Å². The molecule has 0 aliphatic heterocycles. The highest BCUT2D eigenvalue weighted by Crippen LogP contribution is 2.37. The fraction of sp³-hybridized carbons (Fsp3) is 0.742. The lowest BCUT2D eigenvalue weighted by atomic mass is 10.1. The molecule has 0 aromatic heterocycles. The lowest BCUT2D eigenvalue weighted by Crippen LogP contribution is -2.34. The van der Waals surface area contributed by atoms with Gasteiger partial charge in [0.1, 0.15) is 25.4 Å². The van der Waals surface area contributed by atoms with Crippen molar-refractivity contribution in [1.29, 1.82) is 0 Å². The second kappa shape index (κ2) is 27.8. The maximum absolute atomic E-state index is 12.2. The molecule has 0 aromatic rings. The molecular weight excluding hydrogens is 687 g/mol. The molecule has 0 saturated carbocycles. The van der Waals surface area contributed by atoms with Crippen LogP contribution in [-0.4, -0.2) is 138 Å². The fourth-order valence-electron chi connectivity index (χ4n) is 3.48. The van der Waals surface area contributed by atoms with E-state index in [9.17, 15) is 23.7 Å². The zero-order chi connectivity index (χ0) is 38.0. The first-order valence-corrected chi connectivity index (χ1v) is 17.6. The zero-order valence-electron chi connectivity index (χ0n) is 29.7. The van der Waals surface area contributed by atoms with E-state index in [0.717, 1.165) is 0 Å². The molecule has 0 saturated heterocycles. The number of carbonyl (C=O) groups is 4. The number of phosphoric ester groups is 1. The van der Waals surface area contributed by atoms with Crippen molar-refractivity contribution in [2.24, 2.45) is 5.92 Å². The topological polar surface area (TPSA) is 233 Å². The van der Waals surface area contributed by atoms with Gasteiger partial charge >= 0.3 is 25.9 Å². The average molecular weight is 743 g/mol. The van der Waals surface area contributed by atoms with Crippen LogP contribution in [0.2, 0.25) is 0 Å². The van der Waals surface area contributed by atoms with Crippen LogP contribution in [-0.2, 0) is 61.4 Å². The molecule has 50 heavy (non-hydrogen) atoms. The van der Waals surface area contributed by atoms with Crippen LogP contribution >= 0.6 is 7.82 Å². The molecule has 0 bridgehead atoms. The van der Waals surface area contributed by atoms with Crippen molar-refractivity contribution < 1.29 is 75.9 Å². The number of phosphoric acid groups is 1. The van der Waals surface area contributed by atoms with Crippen LogP contribution in [0.4, 0.5) is 4.79 Å². The van der Waals surface area contributed by atoms with Crippen molar-refractivity contribution in [2.45, 2.75) is 59.4 Å². The van der Waals surface area contributed by atoms with Gasteiger partial charge in [-0.2, -0.15) is 0 Å². The van der Waals surface area contributed by atoms with Gasteiger partial charge in [-0.1, -0.05) is 20.1 Å². The van der Waals surface area contributed by atoms with Crippen LogP contribution in [0.15, 0.2) is 24.3 Å². The third-order valence-corrected chi connectivity index (χ3v) is 6.43. The van der Waals surface area contributed by atoms with E-state index < -0.39 is 44.2 Å². The summed E-state index contributed by atoms with van der Waals surface area (Å²) in [5.74, 6) is -1.37. The van der Waals surface area contributed by atoms with E-state index in [0.29, 0.717) is 5.57 Å². The number of hydrogen-bond acceptors (Lipinski definition) is 14. The third-order valence-electron chi connectivity index (χ3n) is 5.79. The summed E-state index contributed by atoms with van der Waals surface area (Å²) in [5, 5.41) is 5.26. The van der Waals surface area contributed by atoms with Crippen molar-refractivity contribution in [3.63, 3.8) is 0 Å². The monoisotopic (exact) mass is 742 g/mol. The SMILES string of the molecule is C=C(C)C(=O)OCCOCCNC(=O)CC(C)COCC(COCC(C)OC(=O)NCCOCCOC(=O)C(=C)C)OCC(C)OP(=O)(O)O. The molecule has 0 spiro atoms. The first-order chi connectivity index (χ1) is 23.5. The minimum absolute atomic E-state index is 0.00628. The van der Waals surface area contributed by atoms with Gasteiger partial charge < -0.3 is 58.3 Å². The first kappa shape index (κ1) is 47.1. The molecule has 0 aliphatic carbocycles. The van der Waals surface area contributed by atoms with Gasteiger partial charge in [-0.05, 0) is 33.6 Å². The number of carbonyl (C=O) groups excluding carboxylic acids is 4. The molecule has 0 aliphatic rings. The largest absolute Gasteiger partial charge is 0.469 e. The van der Waals surface area contributed by atoms with Crippen molar-refractivity contribution in [2.75, 3.05) is 85.8 Å². The number of esters is 2. The molecule has 0 heterocycles. The zero-order valence-corrected chi connectivity index (χ0v) is 30.6. The second-order valence-corrected chi connectivity index (χ2v) is 12.5. The molecular formula is C31H55N2O16P. The minimum atomic E-state index is -4.71. The Labute approximate surface area is 293 Å². The number of alkyl carbamates (subject to hydrolysis) is 1. The van der Waals surface area contributed by atoms with E-state index in [4.69, 9.17) is 47.7 Å². The number of hydrogen-bond donors (Lipinski definition) is 4. The van der Waals surface area contributed by atoms with Crippen LogP contribution in [0.1, 0.15) is 41.0 Å². The molecule has 18 nitrogen and oxygen atoms in total. The summed E-state index contributed by atoms with van der Waals surface area (Å²) in [6.07, 6.45) is -2.76. The highest BCUT2D eigenvalue weighted by atomic mass is 31.2. The molecule has 0 rings (SSSR count). The van der Waals surface area contributed by atoms with Gasteiger partial charge in [-0.15, -0.1) is 0 Å². The van der Waals surface area contributed by atoms with Crippen molar-refractivity contribution in [3.05, 3.63) is 24.3 Å². The average Bonchev–Trinajstić information content (AvgIpc) is 3.01. The Morgan fingerprint density at radius 2 is 1.20 bits per heavy atom. The second-order valence-electron chi connectivity index (χ2n) is 11.3. The number of rotatable bonds is 30. The first-order valence-electron chi connectivity index (χ1n) is 16.0. The summed E-state index contributed by atoms with van der Waals surface area (Å²) in [5.41, 5.74) is 0.584. The van der Waals surface area contributed by atoms with Crippen molar-refractivity contribution >= 4 is 31.8 Å². The van der Waals surface area contributed by atoms with Crippen molar-refractivity contribution in [3.8, 4) is 0 Å². The standard InChI is InChI=1S/C31H55N2O16P/c1-22(2)29(35)45-14-12-41-10-8-32-28(34)16-24(5)17-43-20-27(47-19-26(7)49-50(38,39)40)21-44-18-25(6)48-31(37)33-9-11-42-13-15-46-30(36)23(3)4/h24-27H,1,3,8-21H2,2,4-7H3,(H,32,34)(H,33,37)(H2,38,39,40). The highest BCUT2D eigenvalue weighted by molar-refractivity contribution is 7.46. The normalized spacial score (nSPS) is 13.7. The Bertz CT molecular complexity index is 1020. The van der Waals surface area contributed by atoms with Crippen molar-refractivity contribution in [1.82, 2.24) is 10.6 Å². The van der Waals surface area contributed by atoms with Crippen LogP contribution in [0.25, 0.3) is 0 Å². The van der Waals surface area contributed by atoms with Crippen LogP contribution in [0.3, 0.4) is 0 Å². The Morgan fingerprint density at radius 1 is 0.680 bits per heavy atom. The van der Waals surface area contributed by atoms with Gasteiger partial charge in [0.15, 0.2) is 0 Å². The minimum Gasteiger partial charge on any atom is -0.460 e. The fourth-order valence-corrected chi connectivity index (χ4v) is 4.01. The third kappa shape index (κ3) is 28.9. The van der Waals surface area contributed by atoms with Gasteiger partial charge in [0.25, 0.3) is 0 Å². The van der Waals surface area contributed by atoms with E-state index in [2.05, 4.69) is 28.3 Å². The Morgan fingerprint density at radius 3 is 1.72 bits per heavy atom. The summed E-state index contributed by atoms with van der Waals surface area (Å²) >= 11 is 0. The quantitative estimate of drug-likeness (QED) is 0.0268. The molecule has 4 atom stereocenters. The smallest absolute Gasteiger partial charge is 0.460 e. The lowest BCUT2D eigenvalue weighted by molar-refractivity contribution is -0.141. The molecule has 290 valence electrons. The maximum Gasteiger partial charge on any atom is 0.469 e. The predicted octanol–water partition coefficient (Wildman–Crippen LogP) is 1.43. The summed E-state index contributed by atoms with van der Waals surface area (Å²) in [4.78, 5) is 64.9. The summed E-state index contributed by atoms with van der Waals surface area (Å²) < 4.78 is 58.4. The van der Waals surface area contributed by atoms with E-state index in [-0.39, 0.29) is 110 Å². The highest BCUT2D eigenvalue weighted by Gasteiger charge is 2.21. The molecule has 0 aromatic carbocycles.